The van der Waals surface area contributed by atoms with E-state index in [0.29, 0.717) is 27.4 Å². The van der Waals surface area contributed by atoms with Crippen molar-refractivity contribution < 1.29 is 14.3 Å². The molecule has 1 amide bonds. The molecule has 0 aliphatic rings. The molecular weight excluding hydrogens is 416 g/mol. The van der Waals surface area contributed by atoms with Crippen LogP contribution in [0.1, 0.15) is 13.0 Å². The molecule has 1 unspecified atom stereocenters. The van der Waals surface area contributed by atoms with Gasteiger partial charge in [-0.3, -0.25) is 9.59 Å². The fraction of sp³-hybridized carbons (Fsp3) is 0.182. The lowest BCUT2D eigenvalue weighted by Gasteiger charge is -2.14. The molecule has 2 aromatic carbocycles. The maximum absolute atomic E-state index is 13.0. The standard InChI is InChI=1S/C22H20N4O4S/c1-13(20(27)23-15-9-10-17(29-2)18(11-15)30-3)26-22(28)16-12-19(31-21(16)24-25-26)14-7-5-4-6-8-14/h4-13H,1-3H3,(H,23,27). The Bertz CT molecular complexity index is 1300. The van der Waals surface area contributed by atoms with Crippen LogP contribution in [0.5, 0.6) is 11.5 Å². The van der Waals surface area contributed by atoms with E-state index >= 15 is 0 Å². The van der Waals surface area contributed by atoms with Crippen molar-refractivity contribution >= 4 is 33.1 Å². The van der Waals surface area contributed by atoms with Gasteiger partial charge >= 0.3 is 0 Å². The number of nitrogens with one attached hydrogen (secondary N) is 1. The first-order valence-electron chi connectivity index (χ1n) is 9.49. The molecule has 9 heteroatoms. The summed E-state index contributed by atoms with van der Waals surface area (Å²) in [5.74, 6) is 0.632. The summed E-state index contributed by atoms with van der Waals surface area (Å²) in [5.41, 5.74) is 1.15. The van der Waals surface area contributed by atoms with Crippen molar-refractivity contribution in [1.82, 2.24) is 15.0 Å². The van der Waals surface area contributed by atoms with Crippen LogP contribution in [0.3, 0.4) is 0 Å². The van der Waals surface area contributed by atoms with Crippen molar-refractivity contribution in [3.8, 4) is 21.9 Å². The van der Waals surface area contributed by atoms with Crippen LogP contribution >= 0.6 is 11.3 Å². The van der Waals surface area contributed by atoms with Crippen LogP contribution in [0.15, 0.2) is 59.4 Å². The number of aromatic nitrogens is 3. The van der Waals surface area contributed by atoms with Gasteiger partial charge in [0.1, 0.15) is 6.04 Å². The van der Waals surface area contributed by atoms with Crippen molar-refractivity contribution in [1.29, 1.82) is 0 Å². The number of nitrogens with zero attached hydrogens (tertiary/aromatic N) is 3. The number of anilines is 1. The van der Waals surface area contributed by atoms with E-state index in [4.69, 9.17) is 9.47 Å². The lowest BCUT2D eigenvalue weighted by atomic mass is 10.2. The van der Waals surface area contributed by atoms with Crippen LogP contribution in [0.4, 0.5) is 5.69 Å². The summed E-state index contributed by atoms with van der Waals surface area (Å²) in [4.78, 5) is 27.2. The second kappa shape index (κ2) is 8.57. The van der Waals surface area contributed by atoms with E-state index in [1.54, 1.807) is 31.2 Å². The van der Waals surface area contributed by atoms with Crippen LogP contribution in [0, 0.1) is 0 Å². The molecule has 1 atom stereocenters. The second-order valence-electron chi connectivity index (χ2n) is 6.77. The van der Waals surface area contributed by atoms with Crippen LogP contribution in [-0.4, -0.2) is 35.1 Å². The molecule has 0 saturated heterocycles. The van der Waals surface area contributed by atoms with E-state index in [0.717, 1.165) is 15.1 Å². The largest absolute Gasteiger partial charge is 0.493 e. The molecule has 1 N–H and O–H groups in total. The third-order valence-corrected chi connectivity index (χ3v) is 5.91. The Morgan fingerprint density at radius 1 is 1.06 bits per heavy atom. The van der Waals surface area contributed by atoms with E-state index in [1.165, 1.54) is 25.6 Å². The monoisotopic (exact) mass is 436 g/mol. The predicted octanol–water partition coefficient (Wildman–Crippen LogP) is 3.74. The molecule has 4 rings (SSSR count). The molecule has 0 radical (unpaired) electrons. The Morgan fingerprint density at radius 3 is 2.52 bits per heavy atom. The highest BCUT2D eigenvalue weighted by Gasteiger charge is 2.21. The molecule has 0 saturated carbocycles. The predicted molar refractivity (Wildman–Crippen MR) is 120 cm³/mol. The summed E-state index contributed by atoms with van der Waals surface area (Å²) >= 11 is 1.39. The zero-order valence-corrected chi connectivity index (χ0v) is 18.0. The van der Waals surface area contributed by atoms with Crippen LogP contribution in [0.25, 0.3) is 20.7 Å². The van der Waals surface area contributed by atoms with Crippen molar-refractivity contribution in [2.45, 2.75) is 13.0 Å². The van der Waals surface area contributed by atoms with Crippen molar-refractivity contribution in [3.05, 3.63) is 65.0 Å². The molecule has 2 heterocycles. The first kappa shape index (κ1) is 20.5. The molecule has 0 fully saturated rings. The Labute approximate surface area is 182 Å². The zero-order chi connectivity index (χ0) is 22.0. The van der Waals surface area contributed by atoms with Gasteiger partial charge in [-0.1, -0.05) is 35.5 Å². The number of hydrogen-bond acceptors (Lipinski definition) is 7. The lowest BCUT2D eigenvalue weighted by molar-refractivity contribution is -0.119. The smallest absolute Gasteiger partial charge is 0.279 e. The van der Waals surface area contributed by atoms with Gasteiger partial charge in [0.15, 0.2) is 16.3 Å². The van der Waals surface area contributed by atoms with Crippen molar-refractivity contribution in [2.24, 2.45) is 0 Å². The van der Waals surface area contributed by atoms with Gasteiger partial charge in [0.05, 0.1) is 19.6 Å². The summed E-state index contributed by atoms with van der Waals surface area (Å²) in [6.07, 6.45) is 0. The van der Waals surface area contributed by atoms with Crippen LogP contribution in [-0.2, 0) is 4.79 Å². The molecule has 2 aromatic heterocycles. The summed E-state index contributed by atoms with van der Waals surface area (Å²) in [7, 11) is 3.05. The quantitative estimate of drug-likeness (QED) is 0.495. The van der Waals surface area contributed by atoms with E-state index in [1.807, 2.05) is 30.3 Å². The molecule has 0 bridgehead atoms. The lowest BCUT2D eigenvalue weighted by Crippen LogP contribution is -2.33. The minimum atomic E-state index is -0.863. The van der Waals surface area contributed by atoms with Gasteiger partial charge in [-0.05, 0) is 30.7 Å². The third-order valence-electron chi connectivity index (χ3n) is 4.84. The van der Waals surface area contributed by atoms with Gasteiger partial charge in [-0.25, -0.2) is 0 Å². The number of carbonyl (C=O) groups is 1. The summed E-state index contributed by atoms with van der Waals surface area (Å²) < 4.78 is 11.6. The summed E-state index contributed by atoms with van der Waals surface area (Å²) in [5, 5.41) is 11.4. The molecule has 8 nitrogen and oxygen atoms in total. The number of thiophene rings is 1. The number of fused-ring (bicyclic) bond motifs is 1. The summed E-state index contributed by atoms with van der Waals surface area (Å²) in [6, 6.07) is 15.7. The molecule has 0 aliphatic heterocycles. The number of methoxy groups -OCH3 is 2. The van der Waals surface area contributed by atoms with Gasteiger partial charge in [-0.15, -0.1) is 16.4 Å². The Morgan fingerprint density at radius 2 is 1.81 bits per heavy atom. The number of rotatable bonds is 6. The SMILES string of the molecule is COc1ccc(NC(=O)C(C)n2nnc3sc(-c4ccccc4)cc3c2=O)cc1OC. The maximum atomic E-state index is 13.0. The van der Waals surface area contributed by atoms with Gasteiger partial charge < -0.3 is 14.8 Å². The molecule has 4 aromatic rings. The highest BCUT2D eigenvalue weighted by atomic mass is 32.1. The minimum absolute atomic E-state index is 0.363. The van der Waals surface area contributed by atoms with Crippen molar-refractivity contribution in [2.75, 3.05) is 19.5 Å². The normalized spacial score (nSPS) is 11.8. The van der Waals surface area contributed by atoms with Crippen LogP contribution < -0.4 is 20.3 Å². The number of carbonyl (C=O) groups excluding carboxylic acids is 1. The number of hydrogen-bond donors (Lipinski definition) is 1. The average molecular weight is 436 g/mol. The average Bonchev–Trinajstić information content (AvgIpc) is 3.25. The minimum Gasteiger partial charge on any atom is -0.493 e. The van der Waals surface area contributed by atoms with Gasteiger partial charge in [0, 0.05) is 16.6 Å². The van der Waals surface area contributed by atoms with E-state index < -0.39 is 11.9 Å². The second-order valence-corrected chi connectivity index (χ2v) is 7.80. The summed E-state index contributed by atoms with van der Waals surface area (Å²) in [6.45, 7) is 1.60. The molecule has 31 heavy (non-hydrogen) atoms. The topological polar surface area (TPSA) is 95.3 Å². The van der Waals surface area contributed by atoms with Gasteiger partial charge in [-0.2, -0.15) is 4.68 Å². The molecule has 0 spiro atoms. The van der Waals surface area contributed by atoms with E-state index in [-0.39, 0.29) is 5.56 Å². The Hall–Kier alpha value is -3.72. The van der Waals surface area contributed by atoms with Gasteiger partial charge in [0.25, 0.3) is 5.56 Å². The first-order chi connectivity index (χ1) is 15.0. The van der Waals surface area contributed by atoms with Gasteiger partial charge in [0.2, 0.25) is 5.91 Å². The molecule has 158 valence electrons. The molecular formula is C22H20N4O4S. The highest BCUT2D eigenvalue weighted by molar-refractivity contribution is 7.21. The zero-order valence-electron chi connectivity index (χ0n) is 17.2. The van der Waals surface area contributed by atoms with Crippen molar-refractivity contribution in [3.63, 3.8) is 0 Å². The Kier molecular flexibility index (Phi) is 5.68. The fourth-order valence-corrected chi connectivity index (χ4v) is 4.10. The third kappa shape index (κ3) is 3.99. The molecule has 0 aliphatic carbocycles. The van der Waals surface area contributed by atoms with E-state index in [9.17, 15) is 9.59 Å². The number of amides is 1. The maximum Gasteiger partial charge on any atom is 0.279 e. The fourth-order valence-electron chi connectivity index (χ4n) is 3.13. The number of ether oxygens (including phenoxy) is 2. The van der Waals surface area contributed by atoms with Crippen LogP contribution in [0.2, 0.25) is 0 Å². The Balaban J connectivity index is 1.61. The first-order valence-corrected chi connectivity index (χ1v) is 10.3. The highest BCUT2D eigenvalue weighted by Crippen LogP contribution is 2.31. The van der Waals surface area contributed by atoms with E-state index in [2.05, 4.69) is 15.6 Å². The number of benzene rings is 2.